The molecule has 1 N–H and O–H groups in total. The maximum Gasteiger partial charge on any atom is 0.186 e. The van der Waals surface area contributed by atoms with Crippen molar-refractivity contribution >= 4 is 11.0 Å². The summed E-state index contributed by atoms with van der Waals surface area (Å²) in [5, 5.41) is 0. The van der Waals surface area contributed by atoms with Crippen molar-refractivity contribution in [1.82, 2.24) is 9.97 Å². The van der Waals surface area contributed by atoms with E-state index in [-0.39, 0.29) is 5.52 Å². The summed E-state index contributed by atoms with van der Waals surface area (Å²) in [6.45, 7) is 4.23. The molecule has 0 aliphatic heterocycles. The Labute approximate surface area is 105 Å². The highest BCUT2D eigenvalue weighted by molar-refractivity contribution is 5.75. The van der Waals surface area contributed by atoms with Crippen molar-refractivity contribution in [1.29, 1.82) is 0 Å². The molecule has 0 radical (unpaired) electrons. The maximum absolute atomic E-state index is 13.6. The van der Waals surface area contributed by atoms with Gasteiger partial charge in [-0.3, -0.25) is 0 Å². The van der Waals surface area contributed by atoms with E-state index >= 15 is 0 Å². The van der Waals surface area contributed by atoms with Gasteiger partial charge in [0.1, 0.15) is 11.3 Å². The molecule has 0 fully saturated rings. The Morgan fingerprint density at radius 2 is 2.06 bits per heavy atom. The van der Waals surface area contributed by atoms with E-state index in [0.29, 0.717) is 11.4 Å². The molecule has 2 aromatic rings. The summed E-state index contributed by atoms with van der Waals surface area (Å²) in [5.41, 5.74) is 0.679. The molecule has 1 heterocycles. The SMILES string of the molecule is CCCCC(CC)c1nc2c(F)c(F)ccc2[nH]1. The predicted molar refractivity (Wildman–Crippen MR) is 68.6 cm³/mol. The molecule has 1 aromatic heterocycles. The highest BCUT2D eigenvalue weighted by Crippen LogP contribution is 2.26. The van der Waals surface area contributed by atoms with Gasteiger partial charge in [0.2, 0.25) is 0 Å². The number of rotatable bonds is 5. The first-order chi connectivity index (χ1) is 8.67. The Morgan fingerprint density at radius 3 is 2.72 bits per heavy atom. The van der Waals surface area contributed by atoms with Gasteiger partial charge in [-0.2, -0.15) is 0 Å². The second kappa shape index (κ2) is 5.46. The summed E-state index contributed by atoms with van der Waals surface area (Å²) < 4.78 is 26.7. The number of hydrogen-bond acceptors (Lipinski definition) is 1. The van der Waals surface area contributed by atoms with Crippen molar-refractivity contribution in [2.24, 2.45) is 0 Å². The van der Waals surface area contributed by atoms with Gasteiger partial charge < -0.3 is 4.98 Å². The van der Waals surface area contributed by atoms with E-state index in [9.17, 15) is 8.78 Å². The standard InChI is InChI=1S/C14H18F2N2/c1-3-5-6-9(4-2)14-17-11-8-7-10(15)12(16)13(11)18-14/h7-9H,3-6H2,1-2H3,(H,17,18). The minimum absolute atomic E-state index is 0.111. The van der Waals surface area contributed by atoms with Crippen molar-refractivity contribution in [3.8, 4) is 0 Å². The second-order valence-electron chi connectivity index (χ2n) is 4.63. The van der Waals surface area contributed by atoms with Gasteiger partial charge in [0.05, 0.1) is 5.52 Å². The van der Waals surface area contributed by atoms with Crippen LogP contribution in [0.1, 0.15) is 51.3 Å². The molecule has 98 valence electrons. The minimum atomic E-state index is -0.861. The number of H-pyrrole nitrogens is 1. The molecule has 0 amide bonds. The van der Waals surface area contributed by atoms with Crippen molar-refractivity contribution < 1.29 is 8.78 Å². The first kappa shape index (κ1) is 13.0. The van der Waals surface area contributed by atoms with E-state index in [1.165, 1.54) is 6.07 Å². The lowest BCUT2D eigenvalue weighted by atomic mass is 9.99. The number of fused-ring (bicyclic) bond motifs is 1. The Bertz CT molecular complexity index is 534. The number of aromatic amines is 1. The normalized spacial score (nSPS) is 13.1. The van der Waals surface area contributed by atoms with E-state index in [4.69, 9.17) is 0 Å². The molecule has 0 saturated heterocycles. The third-order valence-electron chi connectivity index (χ3n) is 3.35. The Balaban J connectivity index is 2.36. The third kappa shape index (κ3) is 2.37. The summed E-state index contributed by atoms with van der Waals surface area (Å²) >= 11 is 0. The number of unbranched alkanes of at least 4 members (excludes halogenated alkanes) is 1. The Kier molecular flexibility index (Phi) is 3.94. The summed E-state index contributed by atoms with van der Waals surface area (Å²) in [6, 6.07) is 2.67. The minimum Gasteiger partial charge on any atom is -0.342 e. The molecule has 1 aromatic carbocycles. The van der Waals surface area contributed by atoms with E-state index in [0.717, 1.165) is 37.6 Å². The summed E-state index contributed by atoms with van der Waals surface area (Å²) in [7, 11) is 0. The van der Waals surface area contributed by atoms with Crippen LogP contribution < -0.4 is 0 Å². The predicted octanol–water partition coefficient (Wildman–Crippen LogP) is 4.52. The van der Waals surface area contributed by atoms with E-state index in [1.807, 2.05) is 0 Å². The van der Waals surface area contributed by atoms with Crippen LogP contribution in [0, 0.1) is 11.6 Å². The maximum atomic E-state index is 13.6. The van der Waals surface area contributed by atoms with E-state index < -0.39 is 11.6 Å². The molecule has 18 heavy (non-hydrogen) atoms. The van der Waals surface area contributed by atoms with Gasteiger partial charge in [-0.25, -0.2) is 13.8 Å². The molecule has 4 heteroatoms. The number of nitrogens with one attached hydrogen (secondary N) is 1. The van der Waals surface area contributed by atoms with Crippen LogP contribution in [-0.2, 0) is 0 Å². The fraction of sp³-hybridized carbons (Fsp3) is 0.500. The first-order valence-electron chi connectivity index (χ1n) is 6.51. The van der Waals surface area contributed by atoms with Crippen molar-refractivity contribution in [3.05, 3.63) is 29.6 Å². The molecular formula is C14H18F2N2. The average molecular weight is 252 g/mol. The van der Waals surface area contributed by atoms with Gasteiger partial charge in [-0.1, -0.05) is 26.7 Å². The van der Waals surface area contributed by atoms with Crippen molar-refractivity contribution in [2.75, 3.05) is 0 Å². The first-order valence-corrected chi connectivity index (χ1v) is 6.51. The molecule has 0 saturated carbocycles. The topological polar surface area (TPSA) is 28.7 Å². The number of halogens is 2. The third-order valence-corrected chi connectivity index (χ3v) is 3.35. The van der Waals surface area contributed by atoms with Crippen LogP contribution in [0.5, 0.6) is 0 Å². The molecule has 0 bridgehead atoms. The smallest absolute Gasteiger partial charge is 0.186 e. The second-order valence-corrected chi connectivity index (χ2v) is 4.63. The zero-order valence-corrected chi connectivity index (χ0v) is 10.8. The molecule has 0 spiro atoms. The van der Waals surface area contributed by atoms with Crippen LogP contribution in [0.2, 0.25) is 0 Å². The highest BCUT2D eigenvalue weighted by Gasteiger charge is 2.16. The molecule has 1 atom stereocenters. The fourth-order valence-corrected chi connectivity index (χ4v) is 2.21. The van der Waals surface area contributed by atoms with Crippen LogP contribution in [0.15, 0.2) is 12.1 Å². The van der Waals surface area contributed by atoms with Crippen molar-refractivity contribution in [2.45, 2.75) is 45.4 Å². The number of benzene rings is 1. The van der Waals surface area contributed by atoms with Crippen LogP contribution in [0.3, 0.4) is 0 Å². The molecular weight excluding hydrogens is 234 g/mol. The van der Waals surface area contributed by atoms with Gasteiger partial charge in [0.25, 0.3) is 0 Å². The zero-order valence-electron chi connectivity index (χ0n) is 10.8. The Morgan fingerprint density at radius 1 is 1.28 bits per heavy atom. The van der Waals surface area contributed by atoms with Gasteiger partial charge in [-0.15, -0.1) is 0 Å². The number of hydrogen-bond donors (Lipinski definition) is 1. The summed E-state index contributed by atoms with van der Waals surface area (Å²) in [4.78, 5) is 7.33. The van der Waals surface area contributed by atoms with E-state index in [2.05, 4.69) is 23.8 Å². The average Bonchev–Trinajstić information content (AvgIpc) is 2.80. The van der Waals surface area contributed by atoms with E-state index in [1.54, 1.807) is 0 Å². The zero-order chi connectivity index (χ0) is 13.1. The summed E-state index contributed by atoms with van der Waals surface area (Å²) in [5.74, 6) is -0.646. The van der Waals surface area contributed by atoms with Crippen LogP contribution in [0.4, 0.5) is 8.78 Å². The largest absolute Gasteiger partial charge is 0.342 e. The monoisotopic (exact) mass is 252 g/mol. The lowest BCUT2D eigenvalue weighted by Crippen LogP contribution is -1.99. The number of aromatic nitrogens is 2. The van der Waals surface area contributed by atoms with Gasteiger partial charge in [0, 0.05) is 5.92 Å². The van der Waals surface area contributed by atoms with Gasteiger partial charge in [-0.05, 0) is 25.0 Å². The lowest BCUT2D eigenvalue weighted by molar-refractivity contribution is 0.514. The quantitative estimate of drug-likeness (QED) is 0.832. The fourth-order valence-electron chi connectivity index (χ4n) is 2.21. The molecule has 2 rings (SSSR count). The Hall–Kier alpha value is -1.45. The van der Waals surface area contributed by atoms with Gasteiger partial charge >= 0.3 is 0 Å². The molecule has 0 aliphatic rings. The molecule has 1 unspecified atom stereocenters. The highest BCUT2D eigenvalue weighted by atomic mass is 19.2. The van der Waals surface area contributed by atoms with Crippen molar-refractivity contribution in [3.63, 3.8) is 0 Å². The number of imidazole rings is 1. The van der Waals surface area contributed by atoms with Gasteiger partial charge in [0.15, 0.2) is 11.6 Å². The van der Waals surface area contributed by atoms with Crippen LogP contribution >= 0.6 is 0 Å². The number of nitrogens with zero attached hydrogens (tertiary/aromatic N) is 1. The van der Waals surface area contributed by atoms with Crippen LogP contribution in [0.25, 0.3) is 11.0 Å². The molecule has 2 nitrogen and oxygen atoms in total. The lowest BCUT2D eigenvalue weighted by Gasteiger charge is -2.10. The summed E-state index contributed by atoms with van der Waals surface area (Å²) in [6.07, 6.45) is 4.22. The molecule has 0 aliphatic carbocycles. The van der Waals surface area contributed by atoms with Crippen LogP contribution in [-0.4, -0.2) is 9.97 Å².